The summed E-state index contributed by atoms with van der Waals surface area (Å²) in [7, 11) is 1.32. The monoisotopic (exact) mass is 509 g/mol. The van der Waals surface area contributed by atoms with E-state index < -0.39 is 5.97 Å². The van der Waals surface area contributed by atoms with E-state index in [0.717, 1.165) is 28.5 Å². The van der Waals surface area contributed by atoms with Crippen molar-refractivity contribution in [1.82, 2.24) is 9.47 Å². The Kier molecular flexibility index (Phi) is 6.88. The highest BCUT2D eigenvalue weighted by atomic mass is 32.1. The topological polar surface area (TPSA) is 54.8 Å². The first-order valence-electron chi connectivity index (χ1n) is 12.2. The SMILES string of the molecule is CCc1ccc(N2C(=O)/C(=C/c3cn(Cc4ccccc4)c4ccccc34)N(CC(=O)OC)C2=S)cc1. The molecular weight excluding hydrogens is 482 g/mol. The largest absolute Gasteiger partial charge is 0.468 e. The summed E-state index contributed by atoms with van der Waals surface area (Å²) in [6.07, 6.45) is 4.75. The van der Waals surface area contributed by atoms with Gasteiger partial charge in [-0.15, -0.1) is 0 Å². The number of fused-ring (bicyclic) bond motifs is 1. The molecule has 0 saturated carbocycles. The Morgan fingerprint density at radius 2 is 1.65 bits per heavy atom. The zero-order chi connectivity index (χ0) is 25.9. The van der Waals surface area contributed by atoms with Crippen LogP contribution in [0.3, 0.4) is 0 Å². The number of hydrogen-bond donors (Lipinski definition) is 0. The van der Waals surface area contributed by atoms with E-state index in [1.54, 1.807) is 4.90 Å². The number of anilines is 1. The van der Waals surface area contributed by atoms with Gasteiger partial charge in [0.1, 0.15) is 12.2 Å². The average Bonchev–Trinajstić information content (AvgIpc) is 3.38. The normalized spacial score (nSPS) is 14.7. The molecule has 1 aliphatic rings. The second-order valence-electron chi connectivity index (χ2n) is 8.85. The van der Waals surface area contributed by atoms with Gasteiger partial charge < -0.3 is 14.2 Å². The molecule has 0 radical (unpaired) electrons. The highest BCUT2D eigenvalue weighted by molar-refractivity contribution is 7.80. The number of hydrogen-bond acceptors (Lipinski definition) is 4. The number of thiocarbonyl (C=S) groups is 1. The number of para-hydroxylation sites is 1. The lowest BCUT2D eigenvalue weighted by molar-refractivity contribution is -0.140. The Labute approximate surface area is 221 Å². The Balaban J connectivity index is 1.59. The summed E-state index contributed by atoms with van der Waals surface area (Å²) in [5, 5.41) is 1.26. The first-order valence-corrected chi connectivity index (χ1v) is 12.6. The summed E-state index contributed by atoms with van der Waals surface area (Å²) in [5.74, 6) is -0.756. The number of carbonyl (C=O) groups excluding carboxylic acids is 2. The second kappa shape index (κ2) is 10.4. The summed E-state index contributed by atoms with van der Waals surface area (Å²) in [6.45, 7) is 2.62. The molecule has 5 rings (SSSR count). The first kappa shape index (κ1) is 24.5. The third-order valence-electron chi connectivity index (χ3n) is 6.56. The molecule has 3 aromatic carbocycles. The zero-order valence-electron chi connectivity index (χ0n) is 20.8. The average molecular weight is 510 g/mol. The second-order valence-corrected chi connectivity index (χ2v) is 9.22. The molecule has 0 unspecified atom stereocenters. The van der Waals surface area contributed by atoms with E-state index in [0.29, 0.717) is 17.9 Å². The zero-order valence-corrected chi connectivity index (χ0v) is 21.6. The molecular formula is C30H27N3O3S. The Morgan fingerprint density at radius 3 is 2.35 bits per heavy atom. The summed E-state index contributed by atoms with van der Waals surface area (Å²) in [6, 6.07) is 26.0. The molecule has 7 heteroatoms. The van der Waals surface area contributed by atoms with E-state index in [4.69, 9.17) is 17.0 Å². The van der Waals surface area contributed by atoms with Gasteiger partial charge in [0.15, 0.2) is 5.11 Å². The van der Waals surface area contributed by atoms with Gasteiger partial charge in [0.25, 0.3) is 5.91 Å². The smallest absolute Gasteiger partial charge is 0.325 e. The Morgan fingerprint density at radius 1 is 0.946 bits per heavy atom. The maximum Gasteiger partial charge on any atom is 0.325 e. The number of methoxy groups -OCH3 is 1. The van der Waals surface area contributed by atoms with Crippen LogP contribution in [0.15, 0.2) is 90.8 Å². The highest BCUT2D eigenvalue weighted by Gasteiger charge is 2.40. The third kappa shape index (κ3) is 4.78. The molecule has 0 spiro atoms. The summed E-state index contributed by atoms with van der Waals surface area (Å²) < 4.78 is 7.07. The van der Waals surface area contributed by atoms with Gasteiger partial charge in [-0.25, -0.2) is 0 Å². The van der Waals surface area contributed by atoms with E-state index in [2.05, 4.69) is 29.7 Å². The van der Waals surface area contributed by atoms with Crippen molar-refractivity contribution in [2.75, 3.05) is 18.6 Å². The molecule has 1 aliphatic heterocycles. The van der Waals surface area contributed by atoms with E-state index in [1.807, 2.05) is 72.9 Å². The van der Waals surface area contributed by atoms with Crippen LogP contribution in [0.4, 0.5) is 5.69 Å². The van der Waals surface area contributed by atoms with Gasteiger partial charge in [-0.05, 0) is 54.0 Å². The van der Waals surface area contributed by atoms with Crippen LogP contribution >= 0.6 is 12.2 Å². The molecule has 1 amide bonds. The van der Waals surface area contributed by atoms with Crippen molar-refractivity contribution in [1.29, 1.82) is 0 Å². The standard InChI is InChI=1S/C30H27N3O3S/c1-3-21-13-15-24(16-14-21)33-29(35)27(32(30(33)37)20-28(34)36-2)17-23-19-31(18-22-9-5-4-6-10-22)26-12-8-7-11-25(23)26/h4-17,19H,3,18,20H2,1-2H3/b27-17-. The number of amides is 1. The fourth-order valence-corrected chi connectivity index (χ4v) is 4.93. The molecule has 0 aliphatic carbocycles. The fraction of sp³-hybridized carbons (Fsp3) is 0.167. The number of ether oxygens (including phenoxy) is 1. The number of aromatic nitrogens is 1. The summed E-state index contributed by atoms with van der Waals surface area (Å²) in [5.41, 5.74) is 5.26. The van der Waals surface area contributed by atoms with Crippen molar-refractivity contribution in [3.8, 4) is 0 Å². The van der Waals surface area contributed by atoms with Crippen LogP contribution in [-0.2, 0) is 27.3 Å². The van der Waals surface area contributed by atoms with Gasteiger partial charge in [0.05, 0.1) is 12.8 Å². The van der Waals surface area contributed by atoms with Crippen molar-refractivity contribution in [3.05, 3.63) is 107 Å². The van der Waals surface area contributed by atoms with Crippen molar-refractivity contribution in [3.63, 3.8) is 0 Å². The Bertz CT molecular complexity index is 1510. The fourth-order valence-electron chi connectivity index (χ4n) is 4.58. The van der Waals surface area contributed by atoms with Gasteiger partial charge in [0.2, 0.25) is 0 Å². The molecule has 2 heterocycles. The van der Waals surface area contributed by atoms with Crippen LogP contribution in [0.1, 0.15) is 23.6 Å². The van der Waals surface area contributed by atoms with Gasteiger partial charge in [-0.1, -0.05) is 67.6 Å². The van der Waals surface area contributed by atoms with Gasteiger partial charge in [-0.2, -0.15) is 0 Å². The third-order valence-corrected chi connectivity index (χ3v) is 6.96. The molecule has 0 N–H and O–H groups in total. The maximum absolute atomic E-state index is 13.8. The molecule has 37 heavy (non-hydrogen) atoms. The van der Waals surface area contributed by atoms with E-state index in [-0.39, 0.29) is 17.6 Å². The van der Waals surface area contributed by atoms with E-state index >= 15 is 0 Å². The van der Waals surface area contributed by atoms with Crippen molar-refractivity contribution < 1.29 is 14.3 Å². The molecule has 4 aromatic rings. The molecule has 0 bridgehead atoms. The van der Waals surface area contributed by atoms with Crippen LogP contribution in [-0.4, -0.2) is 40.1 Å². The summed E-state index contributed by atoms with van der Waals surface area (Å²) in [4.78, 5) is 29.1. The number of rotatable bonds is 7. The highest BCUT2D eigenvalue weighted by Crippen LogP contribution is 2.32. The van der Waals surface area contributed by atoms with Crippen LogP contribution in [0, 0.1) is 0 Å². The minimum absolute atomic E-state index is 0.154. The molecule has 1 saturated heterocycles. The molecule has 1 fully saturated rings. The molecule has 186 valence electrons. The van der Waals surface area contributed by atoms with Gasteiger partial charge in [0, 0.05) is 29.2 Å². The molecule has 0 atom stereocenters. The number of aryl methyl sites for hydroxylation is 1. The first-order chi connectivity index (χ1) is 18.0. The summed E-state index contributed by atoms with van der Waals surface area (Å²) >= 11 is 5.71. The van der Waals surface area contributed by atoms with E-state index in [1.165, 1.54) is 17.6 Å². The number of carbonyl (C=O) groups is 2. The number of esters is 1. The van der Waals surface area contributed by atoms with Crippen LogP contribution in [0.25, 0.3) is 17.0 Å². The predicted octanol–water partition coefficient (Wildman–Crippen LogP) is 5.40. The van der Waals surface area contributed by atoms with Crippen molar-refractivity contribution >= 4 is 51.9 Å². The Hall–Kier alpha value is -4.23. The minimum Gasteiger partial charge on any atom is -0.468 e. The molecule has 6 nitrogen and oxygen atoms in total. The van der Waals surface area contributed by atoms with Crippen LogP contribution < -0.4 is 4.90 Å². The lowest BCUT2D eigenvalue weighted by atomic mass is 10.1. The quantitative estimate of drug-likeness (QED) is 0.190. The number of benzene rings is 3. The predicted molar refractivity (Wildman–Crippen MR) is 150 cm³/mol. The lowest BCUT2D eigenvalue weighted by Crippen LogP contribution is -2.35. The number of nitrogens with zero attached hydrogens (tertiary/aromatic N) is 3. The lowest BCUT2D eigenvalue weighted by Gasteiger charge is -2.19. The maximum atomic E-state index is 13.8. The van der Waals surface area contributed by atoms with Gasteiger partial charge in [-0.3, -0.25) is 14.5 Å². The van der Waals surface area contributed by atoms with Crippen molar-refractivity contribution in [2.45, 2.75) is 19.9 Å². The minimum atomic E-state index is -0.476. The van der Waals surface area contributed by atoms with Crippen LogP contribution in [0.2, 0.25) is 0 Å². The van der Waals surface area contributed by atoms with Crippen LogP contribution in [0.5, 0.6) is 0 Å². The van der Waals surface area contributed by atoms with Crippen molar-refractivity contribution in [2.24, 2.45) is 0 Å². The van der Waals surface area contributed by atoms with E-state index in [9.17, 15) is 9.59 Å². The molecule has 1 aromatic heterocycles. The van der Waals surface area contributed by atoms with Gasteiger partial charge >= 0.3 is 5.97 Å².